The van der Waals surface area contributed by atoms with E-state index in [0.717, 1.165) is 42.5 Å². The number of aliphatic hydroxyl groups is 1. The van der Waals surface area contributed by atoms with Gasteiger partial charge in [0, 0.05) is 17.3 Å². The molecule has 1 N–H and O–H groups in total. The van der Waals surface area contributed by atoms with Crippen molar-refractivity contribution in [3.8, 4) is 11.3 Å². The highest BCUT2D eigenvalue weighted by molar-refractivity contribution is 5.63. The molecule has 0 aliphatic heterocycles. The van der Waals surface area contributed by atoms with Gasteiger partial charge in [0.2, 0.25) is 0 Å². The average molecular weight is 325 g/mol. The molecular weight excluding hydrogens is 301 g/mol. The Balaban J connectivity index is 2.03. The summed E-state index contributed by atoms with van der Waals surface area (Å²) in [6, 6.07) is 9.06. The zero-order chi connectivity index (χ0) is 17.4. The van der Waals surface area contributed by atoms with Crippen LogP contribution in [-0.4, -0.2) is 16.2 Å². The molecule has 3 heteroatoms. The summed E-state index contributed by atoms with van der Waals surface area (Å²) in [5.41, 5.74) is 3.18. The second kappa shape index (κ2) is 9.14. The summed E-state index contributed by atoms with van der Waals surface area (Å²) in [5.74, 6) is -0.253. The third kappa shape index (κ3) is 5.43. The molecule has 1 aromatic carbocycles. The first kappa shape index (κ1) is 18.1. The van der Waals surface area contributed by atoms with Gasteiger partial charge in [-0.1, -0.05) is 36.4 Å². The van der Waals surface area contributed by atoms with Crippen LogP contribution in [0.5, 0.6) is 0 Å². The van der Waals surface area contributed by atoms with Crippen LogP contribution in [0.25, 0.3) is 17.3 Å². The normalized spacial score (nSPS) is 12.5. The standard InChI is InChI=1S/C21H24FNO/c1-3-7-17-10-13-21(23-15-17)19-12-11-18(20(22)14-19)9-6-4-5-8-16(2)24/h3,6,9-16,24H,1,4-5,7-8H2,2H3. The van der Waals surface area contributed by atoms with Gasteiger partial charge in [0.05, 0.1) is 11.8 Å². The number of aliphatic hydroxyl groups excluding tert-OH is 1. The van der Waals surface area contributed by atoms with Gasteiger partial charge in [0.15, 0.2) is 0 Å². The van der Waals surface area contributed by atoms with Crippen molar-refractivity contribution in [1.29, 1.82) is 0 Å². The van der Waals surface area contributed by atoms with Gasteiger partial charge < -0.3 is 5.11 Å². The lowest BCUT2D eigenvalue weighted by Crippen LogP contribution is -1.97. The summed E-state index contributed by atoms with van der Waals surface area (Å²) in [4.78, 5) is 4.39. The van der Waals surface area contributed by atoms with Crippen LogP contribution in [0.4, 0.5) is 4.39 Å². The lowest BCUT2D eigenvalue weighted by Gasteiger charge is -2.05. The molecule has 1 unspecified atom stereocenters. The molecule has 2 nitrogen and oxygen atoms in total. The van der Waals surface area contributed by atoms with E-state index in [0.29, 0.717) is 5.56 Å². The molecule has 0 aliphatic carbocycles. The molecule has 1 aromatic heterocycles. The topological polar surface area (TPSA) is 33.1 Å². The number of benzene rings is 1. The molecule has 2 aromatic rings. The molecule has 0 radical (unpaired) electrons. The smallest absolute Gasteiger partial charge is 0.131 e. The maximum Gasteiger partial charge on any atom is 0.131 e. The number of hydrogen-bond donors (Lipinski definition) is 1. The van der Waals surface area contributed by atoms with Crippen molar-refractivity contribution in [3.05, 3.63) is 72.2 Å². The predicted molar refractivity (Wildman–Crippen MR) is 98.1 cm³/mol. The molecule has 0 bridgehead atoms. The summed E-state index contributed by atoms with van der Waals surface area (Å²) in [7, 11) is 0. The van der Waals surface area contributed by atoms with Crippen LogP contribution >= 0.6 is 0 Å². The zero-order valence-electron chi connectivity index (χ0n) is 14.1. The predicted octanol–water partition coefficient (Wildman–Crippen LogP) is 5.18. The SMILES string of the molecule is C=CCc1ccc(-c2ccc(C=CCCCC(C)O)c(F)c2)nc1. The molecule has 0 fully saturated rings. The van der Waals surface area contributed by atoms with E-state index in [2.05, 4.69) is 11.6 Å². The van der Waals surface area contributed by atoms with Gasteiger partial charge in [0.1, 0.15) is 5.82 Å². The molecule has 1 atom stereocenters. The molecule has 0 amide bonds. The van der Waals surface area contributed by atoms with Crippen LogP contribution in [-0.2, 0) is 6.42 Å². The van der Waals surface area contributed by atoms with Crippen molar-refractivity contribution >= 4 is 6.08 Å². The van der Waals surface area contributed by atoms with Gasteiger partial charge in [0.25, 0.3) is 0 Å². The lowest BCUT2D eigenvalue weighted by atomic mass is 10.1. The number of unbranched alkanes of at least 4 members (excludes halogenated alkanes) is 1. The molecule has 0 spiro atoms. The van der Waals surface area contributed by atoms with Crippen LogP contribution < -0.4 is 0 Å². The molecule has 2 rings (SSSR count). The molecule has 0 saturated heterocycles. The molecule has 24 heavy (non-hydrogen) atoms. The van der Waals surface area contributed by atoms with Crippen LogP contribution in [0.1, 0.15) is 37.3 Å². The van der Waals surface area contributed by atoms with E-state index in [1.165, 1.54) is 6.07 Å². The fourth-order valence-electron chi connectivity index (χ4n) is 2.45. The number of rotatable bonds is 8. The molecule has 0 aliphatic rings. The molecular formula is C21H24FNO. The maximum atomic E-state index is 14.2. The van der Waals surface area contributed by atoms with E-state index < -0.39 is 0 Å². The first-order valence-electron chi connectivity index (χ1n) is 8.30. The average Bonchev–Trinajstić information content (AvgIpc) is 2.56. The fourth-order valence-corrected chi connectivity index (χ4v) is 2.45. The van der Waals surface area contributed by atoms with E-state index in [9.17, 15) is 9.50 Å². The second-order valence-corrected chi connectivity index (χ2v) is 5.96. The Morgan fingerprint density at radius 3 is 2.75 bits per heavy atom. The van der Waals surface area contributed by atoms with E-state index >= 15 is 0 Å². The zero-order valence-corrected chi connectivity index (χ0v) is 14.1. The number of allylic oxidation sites excluding steroid dienone is 2. The number of nitrogens with zero attached hydrogens (tertiary/aromatic N) is 1. The summed E-state index contributed by atoms with van der Waals surface area (Å²) in [6.07, 6.45) is 10.4. The fraction of sp³-hybridized carbons (Fsp3) is 0.286. The Morgan fingerprint density at radius 1 is 1.29 bits per heavy atom. The maximum absolute atomic E-state index is 14.2. The number of halogens is 1. The monoisotopic (exact) mass is 325 g/mol. The van der Waals surface area contributed by atoms with Crippen molar-refractivity contribution in [3.63, 3.8) is 0 Å². The Labute approximate surface area is 143 Å². The van der Waals surface area contributed by atoms with Gasteiger partial charge in [-0.3, -0.25) is 4.98 Å². The van der Waals surface area contributed by atoms with Crippen molar-refractivity contribution in [1.82, 2.24) is 4.98 Å². The third-order valence-corrected chi connectivity index (χ3v) is 3.79. The largest absolute Gasteiger partial charge is 0.393 e. The van der Waals surface area contributed by atoms with Crippen molar-refractivity contribution in [2.24, 2.45) is 0 Å². The third-order valence-electron chi connectivity index (χ3n) is 3.79. The van der Waals surface area contributed by atoms with Crippen molar-refractivity contribution in [2.75, 3.05) is 0 Å². The summed E-state index contributed by atoms with van der Waals surface area (Å²) < 4.78 is 14.2. The van der Waals surface area contributed by atoms with E-state index in [1.54, 1.807) is 25.3 Å². The highest BCUT2D eigenvalue weighted by Gasteiger charge is 2.04. The van der Waals surface area contributed by atoms with Crippen LogP contribution in [0.3, 0.4) is 0 Å². The quantitative estimate of drug-likeness (QED) is 0.536. The molecule has 126 valence electrons. The van der Waals surface area contributed by atoms with Gasteiger partial charge >= 0.3 is 0 Å². The van der Waals surface area contributed by atoms with Gasteiger partial charge in [-0.25, -0.2) is 4.39 Å². The highest BCUT2D eigenvalue weighted by atomic mass is 19.1. The minimum absolute atomic E-state index is 0.253. The van der Waals surface area contributed by atoms with Crippen molar-refractivity contribution < 1.29 is 9.50 Å². The number of pyridine rings is 1. The van der Waals surface area contributed by atoms with E-state index in [-0.39, 0.29) is 11.9 Å². The van der Waals surface area contributed by atoms with Crippen LogP contribution in [0, 0.1) is 5.82 Å². The molecule has 1 heterocycles. The van der Waals surface area contributed by atoms with Crippen LogP contribution in [0.2, 0.25) is 0 Å². The number of aromatic nitrogens is 1. The van der Waals surface area contributed by atoms with Crippen molar-refractivity contribution in [2.45, 2.75) is 38.7 Å². The van der Waals surface area contributed by atoms with E-state index in [1.807, 2.05) is 30.4 Å². The minimum Gasteiger partial charge on any atom is -0.393 e. The van der Waals surface area contributed by atoms with E-state index in [4.69, 9.17) is 0 Å². The Hall–Kier alpha value is -2.26. The van der Waals surface area contributed by atoms with Gasteiger partial charge in [-0.2, -0.15) is 0 Å². The second-order valence-electron chi connectivity index (χ2n) is 5.96. The first-order chi connectivity index (χ1) is 11.6. The number of hydrogen-bond acceptors (Lipinski definition) is 2. The Kier molecular flexibility index (Phi) is 6.89. The van der Waals surface area contributed by atoms with Gasteiger partial charge in [-0.15, -0.1) is 6.58 Å². The Bertz CT molecular complexity index is 689. The summed E-state index contributed by atoms with van der Waals surface area (Å²) >= 11 is 0. The summed E-state index contributed by atoms with van der Waals surface area (Å²) in [5, 5.41) is 9.20. The molecule has 0 saturated carbocycles. The van der Waals surface area contributed by atoms with Gasteiger partial charge in [-0.05, 0) is 50.3 Å². The summed E-state index contributed by atoms with van der Waals surface area (Å²) in [6.45, 7) is 5.48. The highest BCUT2D eigenvalue weighted by Crippen LogP contribution is 2.21. The Morgan fingerprint density at radius 2 is 2.12 bits per heavy atom. The van der Waals surface area contributed by atoms with Crippen LogP contribution in [0.15, 0.2) is 55.3 Å². The lowest BCUT2D eigenvalue weighted by molar-refractivity contribution is 0.182. The first-order valence-corrected chi connectivity index (χ1v) is 8.30. The minimum atomic E-state index is -0.278.